The number of hydrogen-bond donors (Lipinski definition) is 0. The van der Waals surface area contributed by atoms with Gasteiger partial charge in [-0.25, -0.2) is 0 Å². The zero-order valence-corrected chi connectivity index (χ0v) is 18.6. The first-order valence-corrected chi connectivity index (χ1v) is 12.8. The monoisotopic (exact) mass is 426 g/mol. The van der Waals surface area contributed by atoms with Gasteiger partial charge in [0.15, 0.2) is 0 Å². The summed E-state index contributed by atoms with van der Waals surface area (Å²) in [6.45, 7) is 0. The highest BCUT2D eigenvalue weighted by molar-refractivity contribution is 8.76. The Morgan fingerprint density at radius 2 is 0.600 bits per heavy atom. The van der Waals surface area contributed by atoms with E-state index in [4.69, 9.17) is 0 Å². The molecule has 0 saturated heterocycles. The predicted molar refractivity (Wildman–Crippen MR) is 134 cm³/mol. The van der Waals surface area contributed by atoms with E-state index in [-0.39, 0.29) is 0 Å². The normalized spacial score (nSPS) is 11.1. The minimum atomic E-state index is 0.414. The Morgan fingerprint density at radius 1 is 0.367 bits per heavy atom. The molecule has 0 unspecified atom stereocenters. The smallest absolute Gasteiger partial charge is 0.0188 e. The quantitative estimate of drug-likeness (QED) is 0.196. The lowest BCUT2D eigenvalue weighted by atomic mass is 9.93. The fraction of sp³-hybridized carbons (Fsp3) is 0.143. The van der Waals surface area contributed by atoms with Crippen LogP contribution in [-0.4, -0.2) is 11.5 Å². The molecule has 2 heteroatoms. The summed E-state index contributed by atoms with van der Waals surface area (Å²) in [5.41, 5.74) is 5.55. The average molecular weight is 427 g/mol. The summed E-state index contributed by atoms with van der Waals surface area (Å²) in [5, 5.41) is 0. The van der Waals surface area contributed by atoms with Gasteiger partial charge in [0.05, 0.1) is 0 Å². The molecule has 0 aliphatic carbocycles. The highest BCUT2D eigenvalue weighted by Gasteiger charge is 2.17. The van der Waals surface area contributed by atoms with Crippen LogP contribution < -0.4 is 0 Å². The largest absolute Gasteiger partial charge is 0.0931 e. The Hall–Kier alpha value is -2.42. The van der Waals surface area contributed by atoms with Crippen molar-refractivity contribution in [2.45, 2.75) is 11.8 Å². The molecule has 0 aromatic heterocycles. The molecular weight excluding hydrogens is 400 g/mol. The fourth-order valence-electron chi connectivity index (χ4n) is 3.74. The lowest BCUT2D eigenvalue weighted by Crippen LogP contribution is -2.05. The van der Waals surface area contributed by atoms with Crippen LogP contribution in [0.2, 0.25) is 0 Å². The van der Waals surface area contributed by atoms with Gasteiger partial charge in [0.2, 0.25) is 0 Å². The van der Waals surface area contributed by atoms with E-state index in [2.05, 4.69) is 121 Å². The molecule has 30 heavy (non-hydrogen) atoms. The molecule has 0 spiro atoms. The molecule has 0 aliphatic rings. The summed E-state index contributed by atoms with van der Waals surface area (Å²) in [7, 11) is 3.97. The molecular formula is C28H26S2. The van der Waals surface area contributed by atoms with Gasteiger partial charge < -0.3 is 0 Å². The standard InChI is InChI=1S/C28H26S2/c1-5-13-23(14-6-1)27(24-15-7-2-8-16-24)21-29-30-22-28(25-17-9-3-10-18-25)26-19-11-4-12-20-26/h1-20,27-28H,21-22H2. The van der Waals surface area contributed by atoms with Gasteiger partial charge in [-0.2, -0.15) is 0 Å². The van der Waals surface area contributed by atoms with E-state index in [9.17, 15) is 0 Å². The maximum Gasteiger partial charge on any atom is 0.0188 e. The molecule has 0 atom stereocenters. The van der Waals surface area contributed by atoms with Gasteiger partial charge >= 0.3 is 0 Å². The van der Waals surface area contributed by atoms with Crippen molar-refractivity contribution >= 4 is 21.6 Å². The number of rotatable bonds is 9. The van der Waals surface area contributed by atoms with E-state index >= 15 is 0 Å². The highest BCUT2D eigenvalue weighted by atomic mass is 33.1. The minimum absolute atomic E-state index is 0.414. The average Bonchev–Trinajstić information content (AvgIpc) is 2.84. The van der Waals surface area contributed by atoms with Gasteiger partial charge in [-0.3, -0.25) is 0 Å². The molecule has 4 aromatic rings. The van der Waals surface area contributed by atoms with Gasteiger partial charge in [0.25, 0.3) is 0 Å². The van der Waals surface area contributed by atoms with Crippen molar-refractivity contribution in [2.24, 2.45) is 0 Å². The fourth-order valence-corrected chi connectivity index (χ4v) is 6.37. The van der Waals surface area contributed by atoms with Crippen LogP contribution in [0.5, 0.6) is 0 Å². The summed E-state index contributed by atoms with van der Waals surface area (Å²) >= 11 is 0. The molecule has 4 aromatic carbocycles. The minimum Gasteiger partial charge on any atom is -0.0931 e. The molecule has 0 amide bonds. The van der Waals surface area contributed by atoms with Crippen LogP contribution >= 0.6 is 21.6 Å². The van der Waals surface area contributed by atoms with E-state index in [0.717, 1.165) is 11.5 Å². The number of benzene rings is 4. The SMILES string of the molecule is c1ccc(C(CSSCC(c2ccccc2)c2ccccc2)c2ccccc2)cc1. The van der Waals surface area contributed by atoms with Gasteiger partial charge in [-0.15, -0.1) is 0 Å². The van der Waals surface area contributed by atoms with Gasteiger partial charge in [0, 0.05) is 23.3 Å². The van der Waals surface area contributed by atoms with E-state index in [1.807, 2.05) is 21.6 Å². The number of hydrogen-bond acceptors (Lipinski definition) is 2. The summed E-state index contributed by atoms with van der Waals surface area (Å²) in [6.07, 6.45) is 0. The predicted octanol–water partition coefficient (Wildman–Crippen LogP) is 8.03. The van der Waals surface area contributed by atoms with Crippen molar-refractivity contribution in [1.82, 2.24) is 0 Å². The topological polar surface area (TPSA) is 0 Å². The maximum absolute atomic E-state index is 2.25. The van der Waals surface area contributed by atoms with Gasteiger partial charge in [0.1, 0.15) is 0 Å². The van der Waals surface area contributed by atoms with Crippen LogP contribution in [0.3, 0.4) is 0 Å². The van der Waals surface area contributed by atoms with Crippen molar-refractivity contribution < 1.29 is 0 Å². The summed E-state index contributed by atoms with van der Waals surface area (Å²) in [4.78, 5) is 0. The third-order valence-electron chi connectivity index (χ3n) is 5.36. The van der Waals surface area contributed by atoms with Crippen molar-refractivity contribution in [3.8, 4) is 0 Å². The molecule has 0 saturated carbocycles. The van der Waals surface area contributed by atoms with Gasteiger partial charge in [-0.1, -0.05) is 143 Å². The molecule has 0 aliphatic heterocycles. The molecule has 0 radical (unpaired) electrons. The Bertz CT molecular complexity index is 822. The van der Waals surface area contributed by atoms with Crippen molar-refractivity contribution in [2.75, 3.05) is 11.5 Å². The van der Waals surface area contributed by atoms with Crippen LogP contribution in [0.4, 0.5) is 0 Å². The second kappa shape index (κ2) is 11.1. The Balaban J connectivity index is 1.45. The first-order valence-electron chi connectivity index (χ1n) is 10.4. The van der Waals surface area contributed by atoms with Crippen molar-refractivity contribution in [3.05, 3.63) is 144 Å². The molecule has 0 bridgehead atoms. The lowest BCUT2D eigenvalue weighted by Gasteiger charge is -2.20. The molecule has 4 rings (SSSR count). The lowest BCUT2D eigenvalue weighted by molar-refractivity contribution is 0.936. The first-order chi connectivity index (χ1) is 14.9. The van der Waals surface area contributed by atoms with Crippen LogP contribution in [0, 0.1) is 0 Å². The molecule has 150 valence electrons. The Morgan fingerprint density at radius 3 is 0.833 bits per heavy atom. The van der Waals surface area contributed by atoms with Crippen molar-refractivity contribution in [3.63, 3.8) is 0 Å². The Labute approximate surface area is 188 Å². The van der Waals surface area contributed by atoms with E-state index < -0.39 is 0 Å². The first kappa shape index (κ1) is 20.8. The van der Waals surface area contributed by atoms with E-state index in [1.54, 1.807) is 0 Å². The van der Waals surface area contributed by atoms with E-state index in [0.29, 0.717) is 11.8 Å². The second-order valence-electron chi connectivity index (χ2n) is 7.32. The maximum atomic E-state index is 2.25. The highest BCUT2D eigenvalue weighted by Crippen LogP contribution is 2.37. The zero-order valence-electron chi connectivity index (χ0n) is 16.9. The van der Waals surface area contributed by atoms with E-state index in [1.165, 1.54) is 22.3 Å². The van der Waals surface area contributed by atoms with Crippen LogP contribution in [0.1, 0.15) is 34.1 Å². The van der Waals surface area contributed by atoms with Crippen LogP contribution in [0.15, 0.2) is 121 Å². The van der Waals surface area contributed by atoms with Crippen LogP contribution in [0.25, 0.3) is 0 Å². The zero-order chi connectivity index (χ0) is 20.4. The molecule has 0 nitrogen and oxygen atoms in total. The summed E-state index contributed by atoms with van der Waals surface area (Å²) in [6, 6.07) is 43.5. The third-order valence-corrected chi connectivity index (χ3v) is 7.78. The van der Waals surface area contributed by atoms with Crippen LogP contribution in [-0.2, 0) is 0 Å². The van der Waals surface area contributed by atoms with Crippen molar-refractivity contribution in [1.29, 1.82) is 0 Å². The van der Waals surface area contributed by atoms with Gasteiger partial charge in [-0.05, 0) is 22.3 Å². The third kappa shape index (κ3) is 5.59. The molecule has 0 fully saturated rings. The summed E-state index contributed by atoms with van der Waals surface area (Å²) < 4.78 is 0. The summed E-state index contributed by atoms with van der Waals surface area (Å²) in [5.74, 6) is 2.96. The molecule has 0 N–H and O–H groups in total. The molecule has 0 heterocycles. The second-order valence-corrected chi connectivity index (χ2v) is 9.87. The Kier molecular flexibility index (Phi) is 7.71.